The standard InChI is InChI=1S/C12H15NS/c1-2-5-11(6-3-1)7-4-8-12-9-10-14-13-12/h1-3,5-6H,4,7-10H2. The Balaban J connectivity index is 1.73. The van der Waals surface area contributed by atoms with Crippen LogP contribution in [0.25, 0.3) is 0 Å². The minimum absolute atomic E-state index is 1.18. The topological polar surface area (TPSA) is 12.4 Å². The van der Waals surface area contributed by atoms with E-state index in [0.717, 1.165) is 0 Å². The van der Waals surface area contributed by atoms with Gasteiger partial charge in [0.15, 0.2) is 0 Å². The zero-order valence-electron chi connectivity index (χ0n) is 8.28. The maximum absolute atomic E-state index is 4.40. The summed E-state index contributed by atoms with van der Waals surface area (Å²) in [6.45, 7) is 0. The molecular weight excluding hydrogens is 190 g/mol. The van der Waals surface area contributed by atoms with E-state index in [4.69, 9.17) is 0 Å². The second kappa shape index (κ2) is 5.20. The van der Waals surface area contributed by atoms with Gasteiger partial charge in [-0.25, -0.2) is 4.40 Å². The van der Waals surface area contributed by atoms with Crippen LogP contribution in [0.2, 0.25) is 0 Å². The second-order valence-corrected chi connectivity index (χ2v) is 4.43. The lowest BCUT2D eigenvalue weighted by Crippen LogP contribution is -1.95. The number of aryl methyl sites for hydroxylation is 1. The van der Waals surface area contributed by atoms with E-state index in [0.29, 0.717) is 0 Å². The first kappa shape index (κ1) is 9.78. The van der Waals surface area contributed by atoms with Crippen LogP contribution in [0.1, 0.15) is 24.8 Å². The average Bonchev–Trinajstić information content (AvgIpc) is 2.72. The molecule has 0 fully saturated rings. The van der Waals surface area contributed by atoms with Gasteiger partial charge in [0.25, 0.3) is 0 Å². The molecule has 1 aromatic rings. The van der Waals surface area contributed by atoms with Crippen LogP contribution in [-0.4, -0.2) is 11.5 Å². The van der Waals surface area contributed by atoms with Gasteiger partial charge in [-0.3, -0.25) is 0 Å². The molecule has 0 saturated heterocycles. The van der Waals surface area contributed by atoms with E-state index in [1.54, 1.807) is 11.9 Å². The van der Waals surface area contributed by atoms with Gasteiger partial charge in [-0.1, -0.05) is 30.3 Å². The lowest BCUT2D eigenvalue weighted by molar-refractivity contribution is 0.859. The van der Waals surface area contributed by atoms with Gasteiger partial charge in [0.2, 0.25) is 0 Å². The van der Waals surface area contributed by atoms with Gasteiger partial charge >= 0.3 is 0 Å². The molecule has 2 heteroatoms. The van der Waals surface area contributed by atoms with E-state index < -0.39 is 0 Å². The highest BCUT2D eigenvalue weighted by Gasteiger charge is 2.06. The highest BCUT2D eigenvalue weighted by Crippen LogP contribution is 2.18. The molecule has 0 spiro atoms. The Hall–Kier alpha value is -0.760. The van der Waals surface area contributed by atoms with Crippen molar-refractivity contribution in [1.82, 2.24) is 0 Å². The zero-order chi connectivity index (χ0) is 9.64. The number of nitrogens with zero attached hydrogens (tertiary/aromatic N) is 1. The van der Waals surface area contributed by atoms with Gasteiger partial charge in [-0.15, -0.1) is 0 Å². The van der Waals surface area contributed by atoms with Gasteiger partial charge < -0.3 is 0 Å². The van der Waals surface area contributed by atoms with Gasteiger partial charge in [-0.2, -0.15) is 0 Å². The van der Waals surface area contributed by atoms with E-state index in [1.807, 2.05) is 0 Å². The van der Waals surface area contributed by atoms with E-state index in [9.17, 15) is 0 Å². The first-order valence-corrected chi connectivity index (χ1v) is 6.11. The fourth-order valence-corrected chi connectivity index (χ4v) is 2.44. The summed E-state index contributed by atoms with van der Waals surface area (Å²) in [5, 5.41) is 0. The van der Waals surface area contributed by atoms with Crippen LogP contribution >= 0.6 is 11.9 Å². The summed E-state index contributed by atoms with van der Waals surface area (Å²) < 4.78 is 4.40. The lowest BCUT2D eigenvalue weighted by Gasteiger charge is -2.00. The summed E-state index contributed by atoms with van der Waals surface area (Å²) >= 11 is 1.72. The molecule has 0 aliphatic carbocycles. The second-order valence-electron chi connectivity index (χ2n) is 3.58. The molecule has 74 valence electrons. The van der Waals surface area contributed by atoms with Crippen LogP contribution in [0, 0.1) is 0 Å². The summed E-state index contributed by atoms with van der Waals surface area (Å²) in [5.41, 5.74) is 2.85. The number of benzene rings is 1. The molecule has 1 heterocycles. The Morgan fingerprint density at radius 1 is 1.14 bits per heavy atom. The van der Waals surface area contributed by atoms with Crippen LogP contribution in [-0.2, 0) is 6.42 Å². The van der Waals surface area contributed by atoms with Crippen molar-refractivity contribution in [3.05, 3.63) is 35.9 Å². The molecular formula is C12H15NS. The van der Waals surface area contributed by atoms with Crippen molar-refractivity contribution in [2.45, 2.75) is 25.7 Å². The fourth-order valence-electron chi connectivity index (χ4n) is 1.66. The molecule has 1 aliphatic heterocycles. The van der Waals surface area contributed by atoms with Crippen LogP contribution in [0.3, 0.4) is 0 Å². The van der Waals surface area contributed by atoms with Crippen molar-refractivity contribution in [2.24, 2.45) is 4.40 Å². The molecule has 0 unspecified atom stereocenters. The Labute approximate surface area is 89.8 Å². The third-order valence-corrected chi connectivity index (χ3v) is 3.22. The summed E-state index contributed by atoms with van der Waals surface area (Å²) in [4.78, 5) is 0. The maximum atomic E-state index is 4.40. The predicted molar refractivity (Wildman–Crippen MR) is 63.9 cm³/mol. The van der Waals surface area contributed by atoms with Crippen molar-refractivity contribution < 1.29 is 0 Å². The molecule has 0 amide bonds. The monoisotopic (exact) mass is 205 g/mol. The first-order chi connectivity index (χ1) is 6.95. The third-order valence-electron chi connectivity index (χ3n) is 2.45. The Bertz CT molecular complexity index is 305. The van der Waals surface area contributed by atoms with Crippen LogP contribution in [0.5, 0.6) is 0 Å². The summed E-state index contributed by atoms with van der Waals surface area (Å²) in [7, 11) is 0. The number of rotatable bonds is 4. The highest BCUT2D eigenvalue weighted by molar-refractivity contribution is 7.98. The molecule has 0 N–H and O–H groups in total. The highest BCUT2D eigenvalue weighted by atomic mass is 32.2. The smallest absolute Gasteiger partial charge is 0.0271 e. The predicted octanol–water partition coefficient (Wildman–Crippen LogP) is 3.50. The van der Waals surface area contributed by atoms with Gasteiger partial charge in [0.05, 0.1) is 0 Å². The number of hydrogen-bond acceptors (Lipinski definition) is 2. The SMILES string of the molecule is c1ccc(CCCC2=NSCC2)cc1. The van der Waals surface area contributed by atoms with Gasteiger partial charge in [0, 0.05) is 11.5 Å². The molecule has 0 radical (unpaired) electrons. The minimum atomic E-state index is 1.18. The molecule has 0 bridgehead atoms. The molecule has 14 heavy (non-hydrogen) atoms. The quantitative estimate of drug-likeness (QED) is 0.685. The molecule has 1 aliphatic rings. The Morgan fingerprint density at radius 2 is 2.00 bits per heavy atom. The first-order valence-electron chi connectivity index (χ1n) is 5.17. The average molecular weight is 205 g/mol. The number of hydrogen-bond donors (Lipinski definition) is 0. The van der Waals surface area contributed by atoms with Gasteiger partial charge in [0.1, 0.15) is 0 Å². The van der Waals surface area contributed by atoms with Crippen molar-refractivity contribution in [3.8, 4) is 0 Å². The largest absolute Gasteiger partial charge is 0.226 e. The van der Waals surface area contributed by atoms with Crippen molar-refractivity contribution in [2.75, 3.05) is 5.75 Å². The molecule has 0 aromatic heterocycles. The fraction of sp³-hybridized carbons (Fsp3) is 0.417. The summed E-state index contributed by atoms with van der Waals surface area (Å²) in [6.07, 6.45) is 4.81. The summed E-state index contributed by atoms with van der Waals surface area (Å²) in [6, 6.07) is 10.7. The Morgan fingerprint density at radius 3 is 2.71 bits per heavy atom. The zero-order valence-corrected chi connectivity index (χ0v) is 9.09. The molecule has 2 rings (SSSR count). The summed E-state index contributed by atoms with van der Waals surface area (Å²) in [5.74, 6) is 1.20. The lowest BCUT2D eigenvalue weighted by atomic mass is 10.1. The van der Waals surface area contributed by atoms with Crippen LogP contribution < -0.4 is 0 Å². The van der Waals surface area contributed by atoms with Crippen molar-refractivity contribution >= 4 is 17.7 Å². The Kier molecular flexibility index (Phi) is 3.64. The van der Waals surface area contributed by atoms with E-state index in [2.05, 4.69) is 34.7 Å². The van der Waals surface area contributed by atoms with Crippen LogP contribution in [0.4, 0.5) is 0 Å². The molecule has 1 aromatic carbocycles. The minimum Gasteiger partial charge on any atom is -0.226 e. The van der Waals surface area contributed by atoms with Crippen molar-refractivity contribution in [3.63, 3.8) is 0 Å². The molecule has 1 nitrogen and oxygen atoms in total. The van der Waals surface area contributed by atoms with Crippen molar-refractivity contribution in [1.29, 1.82) is 0 Å². The third kappa shape index (κ3) is 2.88. The van der Waals surface area contributed by atoms with E-state index >= 15 is 0 Å². The maximum Gasteiger partial charge on any atom is 0.0271 e. The van der Waals surface area contributed by atoms with E-state index in [-0.39, 0.29) is 0 Å². The molecule has 0 atom stereocenters. The van der Waals surface area contributed by atoms with Crippen LogP contribution in [0.15, 0.2) is 34.7 Å². The van der Waals surface area contributed by atoms with Gasteiger partial charge in [-0.05, 0) is 43.2 Å². The van der Waals surface area contributed by atoms with E-state index in [1.165, 1.54) is 42.7 Å². The normalized spacial score (nSPS) is 15.6. The molecule has 0 saturated carbocycles.